The number of nitrogens with one attached hydrogen (secondary N) is 1. The number of nitrogens with zero attached hydrogens (tertiary/aromatic N) is 1. The molecule has 2 aliphatic rings. The van der Waals surface area contributed by atoms with Gasteiger partial charge in [0.25, 0.3) is 0 Å². The first-order valence-electron chi connectivity index (χ1n) is 10.0. The second kappa shape index (κ2) is 7.84. The fraction of sp³-hybridized carbons (Fsp3) is 0.435. The summed E-state index contributed by atoms with van der Waals surface area (Å²) in [4.78, 5) is 14.8. The third-order valence-corrected chi connectivity index (χ3v) is 5.81. The van der Waals surface area contributed by atoms with Crippen LogP contribution in [0.15, 0.2) is 30.3 Å². The largest absolute Gasteiger partial charge is 0.490 e. The number of ether oxygens (including phenoxy) is 2. The lowest BCUT2D eigenvalue weighted by molar-refractivity contribution is -0.117. The zero-order chi connectivity index (χ0) is 19.7. The van der Waals surface area contributed by atoms with E-state index in [2.05, 4.69) is 43.1 Å². The van der Waals surface area contributed by atoms with Crippen LogP contribution in [0, 0.1) is 13.8 Å². The summed E-state index contributed by atoms with van der Waals surface area (Å²) < 4.78 is 11.7. The van der Waals surface area contributed by atoms with Gasteiger partial charge in [-0.1, -0.05) is 6.07 Å². The van der Waals surface area contributed by atoms with E-state index in [0.29, 0.717) is 19.8 Å². The second-order valence-corrected chi connectivity index (χ2v) is 7.79. The van der Waals surface area contributed by atoms with E-state index in [1.807, 2.05) is 18.2 Å². The Labute approximate surface area is 166 Å². The van der Waals surface area contributed by atoms with Gasteiger partial charge in [0.15, 0.2) is 11.5 Å². The molecule has 0 unspecified atom stereocenters. The van der Waals surface area contributed by atoms with E-state index in [4.69, 9.17) is 9.47 Å². The monoisotopic (exact) mass is 380 g/mol. The maximum Gasteiger partial charge on any atom is 0.238 e. The zero-order valence-corrected chi connectivity index (χ0v) is 16.9. The van der Waals surface area contributed by atoms with Gasteiger partial charge in [-0.2, -0.15) is 0 Å². The molecule has 0 saturated heterocycles. The lowest BCUT2D eigenvalue weighted by Crippen LogP contribution is -2.39. The van der Waals surface area contributed by atoms with E-state index in [1.165, 1.54) is 22.3 Å². The van der Waals surface area contributed by atoms with Crippen LogP contribution in [0.2, 0.25) is 0 Å². The van der Waals surface area contributed by atoms with Crippen molar-refractivity contribution < 1.29 is 14.3 Å². The van der Waals surface area contributed by atoms with Crippen LogP contribution in [-0.4, -0.2) is 37.1 Å². The van der Waals surface area contributed by atoms with Crippen molar-refractivity contribution >= 4 is 11.6 Å². The molecule has 0 bridgehead atoms. The van der Waals surface area contributed by atoms with Gasteiger partial charge in [-0.15, -0.1) is 0 Å². The minimum Gasteiger partial charge on any atom is -0.490 e. The Hall–Kier alpha value is -2.53. The Morgan fingerprint density at radius 3 is 2.61 bits per heavy atom. The van der Waals surface area contributed by atoms with Gasteiger partial charge in [0.1, 0.15) is 0 Å². The standard InChI is InChI=1S/C23H28N2O3/c1-15-5-6-19(11-16(15)2)24-23(26)14-25-8-7-18-12-21-22(13-20(18)17(25)3)28-10-4-9-27-21/h5-6,11-13,17H,4,7-10,14H2,1-3H3,(H,24,26)/t17-/m1/s1. The summed E-state index contributed by atoms with van der Waals surface area (Å²) in [7, 11) is 0. The molecule has 1 amide bonds. The predicted octanol–water partition coefficient (Wildman–Crippen LogP) is 4.02. The van der Waals surface area contributed by atoms with E-state index < -0.39 is 0 Å². The minimum absolute atomic E-state index is 0.0212. The van der Waals surface area contributed by atoms with E-state index in [0.717, 1.165) is 36.6 Å². The van der Waals surface area contributed by atoms with Crippen LogP contribution in [0.4, 0.5) is 5.69 Å². The number of rotatable bonds is 3. The van der Waals surface area contributed by atoms with Gasteiger partial charge in [-0.3, -0.25) is 9.69 Å². The number of carbonyl (C=O) groups is 1. The van der Waals surface area contributed by atoms with Crippen LogP contribution in [0.1, 0.15) is 41.6 Å². The maximum absolute atomic E-state index is 12.6. The molecule has 0 spiro atoms. The second-order valence-electron chi connectivity index (χ2n) is 7.79. The predicted molar refractivity (Wildman–Crippen MR) is 110 cm³/mol. The molecule has 5 nitrogen and oxygen atoms in total. The average molecular weight is 380 g/mol. The van der Waals surface area contributed by atoms with Crippen molar-refractivity contribution in [2.75, 3.05) is 31.6 Å². The van der Waals surface area contributed by atoms with Gasteiger partial charge < -0.3 is 14.8 Å². The Balaban J connectivity index is 1.46. The molecule has 2 aromatic carbocycles. The lowest BCUT2D eigenvalue weighted by Gasteiger charge is -2.35. The van der Waals surface area contributed by atoms with Gasteiger partial charge in [-0.05, 0) is 73.7 Å². The van der Waals surface area contributed by atoms with Gasteiger partial charge in [-0.25, -0.2) is 0 Å². The molecule has 0 aliphatic carbocycles. The average Bonchev–Trinajstić information content (AvgIpc) is 2.90. The molecule has 0 fully saturated rings. The van der Waals surface area contributed by atoms with Gasteiger partial charge in [0.2, 0.25) is 5.91 Å². The summed E-state index contributed by atoms with van der Waals surface area (Å²) in [5, 5.41) is 3.03. The molecule has 1 N–H and O–H groups in total. The molecule has 0 aromatic heterocycles. The summed E-state index contributed by atoms with van der Waals surface area (Å²) >= 11 is 0. The summed E-state index contributed by atoms with van der Waals surface area (Å²) in [5.74, 6) is 1.70. The first kappa shape index (κ1) is 18.8. The quantitative estimate of drug-likeness (QED) is 0.874. The fourth-order valence-corrected chi connectivity index (χ4v) is 3.95. The molecular formula is C23H28N2O3. The molecule has 28 heavy (non-hydrogen) atoms. The van der Waals surface area contributed by atoms with Gasteiger partial charge in [0.05, 0.1) is 19.8 Å². The highest BCUT2D eigenvalue weighted by atomic mass is 16.5. The van der Waals surface area contributed by atoms with Crippen LogP contribution in [-0.2, 0) is 11.2 Å². The Morgan fingerprint density at radius 2 is 1.86 bits per heavy atom. The highest BCUT2D eigenvalue weighted by Gasteiger charge is 2.27. The molecule has 0 saturated carbocycles. The normalized spacial score (nSPS) is 18.9. The third kappa shape index (κ3) is 3.85. The summed E-state index contributed by atoms with van der Waals surface area (Å²) in [6.07, 6.45) is 1.81. The molecule has 0 radical (unpaired) electrons. The number of hydrogen-bond donors (Lipinski definition) is 1. The van der Waals surface area contributed by atoms with Crippen molar-refractivity contribution in [3.8, 4) is 11.5 Å². The highest BCUT2D eigenvalue weighted by molar-refractivity contribution is 5.92. The molecule has 5 heteroatoms. The van der Waals surface area contributed by atoms with Crippen LogP contribution < -0.4 is 14.8 Å². The van der Waals surface area contributed by atoms with Crippen LogP contribution >= 0.6 is 0 Å². The first-order chi connectivity index (χ1) is 13.5. The lowest BCUT2D eigenvalue weighted by atomic mass is 9.93. The smallest absolute Gasteiger partial charge is 0.238 e. The summed E-state index contributed by atoms with van der Waals surface area (Å²) in [6.45, 7) is 8.91. The van der Waals surface area contributed by atoms with E-state index in [-0.39, 0.29) is 11.9 Å². The SMILES string of the molecule is Cc1ccc(NC(=O)CN2CCc3cc4c(cc3[C@H]2C)OCCCO4)cc1C. The van der Waals surface area contributed by atoms with Crippen molar-refractivity contribution in [1.82, 2.24) is 4.90 Å². The molecule has 2 heterocycles. The highest BCUT2D eigenvalue weighted by Crippen LogP contribution is 2.39. The number of hydrogen-bond acceptors (Lipinski definition) is 4. The zero-order valence-electron chi connectivity index (χ0n) is 16.9. The molecule has 148 valence electrons. The number of benzene rings is 2. The maximum atomic E-state index is 12.6. The van der Waals surface area contributed by atoms with E-state index >= 15 is 0 Å². The van der Waals surface area contributed by atoms with Crippen LogP contribution in [0.25, 0.3) is 0 Å². The summed E-state index contributed by atoms with van der Waals surface area (Å²) in [6, 6.07) is 10.4. The number of amides is 1. The number of fused-ring (bicyclic) bond motifs is 2. The first-order valence-corrected chi connectivity index (χ1v) is 10.0. The van der Waals surface area contributed by atoms with E-state index in [1.54, 1.807) is 0 Å². The Morgan fingerprint density at radius 1 is 1.11 bits per heavy atom. The van der Waals surface area contributed by atoms with Crippen molar-refractivity contribution in [3.63, 3.8) is 0 Å². The third-order valence-electron chi connectivity index (χ3n) is 5.81. The van der Waals surface area contributed by atoms with Gasteiger partial charge >= 0.3 is 0 Å². The molecule has 4 rings (SSSR count). The molecule has 2 aliphatic heterocycles. The topological polar surface area (TPSA) is 50.8 Å². The van der Waals surface area contributed by atoms with Crippen molar-refractivity contribution in [2.24, 2.45) is 0 Å². The Bertz CT molecular complexity index is 894. The van der Waals surface area contributed by atoms with Gasteiger partial charge in [0, 0.05) is 24.7 Å². The number of anilines is 1. The minimum atomic E-state index is 0.0212. The van der Waals surface area contributed by atoms with Crippen molar-refractivity contribution in [2.45, 2.75) is 39.7 Å². The Kier molecular flexibility index (Phi) is 5.27. The molecular weight excluding hydrogens is 352 g/mol. The van der Waals surface area contributed by atoms with Crippen LogP contribution in [0.5, 0.6) is 11.5 Å². The van der Waals surface area contributed by atoms with Crippen molar-refractivity contribution in [1.29, 1.82) is 0 Å². The molecule has 1 atom stereocenters. The van der Waals surface area contributed by atoms with E-state index in [9.17, 15) is 4.79 Å². The number of aryl methyl sites for hydroxylation is 2. The number of carbonyl (C=O) groups excluding carboxylic acids is 1. The molecule has 2 aromatic rings. The van der Waals surface area contributed by atoms with Crippen molar-refractivity contribution in [3.05, 3.63) is 52.6 Å². The summed E-state index contributed by atoms with van der Waals surface area (Å²) in [5.41, 5.74) is 5.79. The fourth-order valence-electron chi connectivity index (χ4n) is 3.95. The van der Waals surface area contributed by atoms with Crippen LogP contribution in [0.3, 0.4) is 0 Å².